The number of methoxy groups -OCH3 is 1. The van der Waals surface area contributed by atoms with Gasteiger partial charge in [-0.15, -0.1) is 11.8 Å². The van der Waals surface area contributed by atoms with E-state index in [1.165, 1.54) is 36.6 Å². The number of carbonyl (C=O) groups excluding carboxylic acids is 4. The summed E-state index contributed by atoms with van der Waals surface area (Å²) in [5.41, 5.74) is 1.01. The number of rotatable bonds is 9. The molecule has 1 aromatic carbocycles. The second-order valence-electron chi connectivity index (χ2n) is 7.85. The Morgan fingerprint density at radius 2 is 1.94 bits per heavy atom. The fourth-order valence-corrected chi connectivity index (χ4v) is 5.47. The molecule has 0 bridgehead atoms. The summed E-state index contributed by atoms with van der Waals surface area (Å²) in [5.74, 6) is -1.19. The Bertz CT molecular complexity index is 1120. The van der Waals surface area contributed by atoms with Gasteiger partial charge in [0.1, 0.15) is 6.54 Å². The zero-order valence-electron chi connectivity index (χ0n) is 19.3. The number of aromatic nitrogens is 1. The Balaban J connectivity index is 1.72. The summed E-state index contributed by atoms with van der Waals surface area (Å²) in [5, 5.41) is 3.03. The Morgan fingerprint density at radius 3 is 2.65 bits per heavy atom. The average Bonchev–Trinajstić information content (AvgIpc) is 3.15. The number of ether oxygens (including phenoxy) is 2. The summed E-state index contributed by atoms with van der Waals surface area (Å²) < 4.78 is 12.1. The van der Waals surface area contributed by atoms with Crippen LogP contribution in [0, 0.1) is 0 Å². The van der Waals surface area contributed by atoms with E-state index in [9.17, 15) is 19.2 Å². The predicted molar refractivity (Wildman–Crippen MR) is 131 cm³/mol. The summed E-state index contributed by atoms with van der Waals surface area (Å²) >= 11 is 2.40. The minimum Gasteiger partial charge on any atom is -0.465 e. The SMILES string of the molecule is CCOC(=O)Cn1c(=NC(=O)CSCC(=O)NC2CCCCC2)sc2cc(C(=O)OC)ccc21. The van der Waals surface area contributed by atoms with Crippen LogP contribution in [0.5, 0.6) is 0 Å². The molecule has 0 spiro atoms. The highest BCUT2D eigenvalue weighted by Gasteiger charge is 2.17. The van der Waals surface area contributed by atoms with Crippen molar-refractivity contribution in [3.05, 3.63) is 28.6 Å². The first-order valence-electron chi connectivity index (χ1n) is 11.2. The molecule has 1 aromatic heterocycles. The van der Waals surface area contributed by atoms with Gasteiger partial charge in [0.15, 0.2) is 4.80 Å². The lowest BCUT2D eigenvalue weighted by Crippen LogP contribution is -2.37. The molecule has 3 rings (SSSR count). The Hall–Kier alpha value is -2.66. The van der Waals surface area contributed by atoms with Gasteiger partial charge in [0.25, 0.3) is 5.91 Å². The van der Waals surface area contributed by atoms with Crippen molar-refractivity contribution in [1.29, 1.82) is 0 Å². The van der Waals surface area contributed by atoms with Gasteiger partial charge in [-0.1, -0.05) is 30.6 Å². The molecule has 11 heteroatoms. The normalized spacial score (nSPS) is 14.7. The van der Waals surface area contributed by atoms with Crippen molar-refractivity contribution in [2.75, 3.05) is 25.2 Å². The second kappa shape index (κ2) is 12.7. The maximum absolute atomic E-state index is 12.5. The largest absolute Gasteiger partial charge is 0.465 e. The molecule has 1 saturated carbocycles. The van der Waals surface area contributed by atoms with Gasteiger partial charge < -0.3 is 19.4 Å². The van der Waals surface area contributed by atoms with Crippen molar-refractivity contribution in [3.63, 3.8) is 0 Å². The first-order valence-corrected chi connectivity index (χ1v) is 13.2. The summed E-state index contributed by atoms with van der Waals surface area (Å²) in [6.45, 7) is 1.83. The lowest BCUT2D eigenvalue weighted by Gasteiger charge is -2.22. The van der Waals surface area contributed by atoms with Crippen molar-refractivity contribution in [2.24, 2.45) is 4.99 Å². The van der Waals surface area contributed by atoms with E-state index in [-0.39, 0.29) is 36.6 Å². The van der Waals surface area contributed by atoms with E-state index in [1.807, 2.05) is 0 Å². The summed E-state index contributed by atoms with van der Waals surface area (Å²) in [7, 11) is 1.30. The number of thiazole rings is 1. The fraction of sp³-hybridized carbons (Fsp3) is 0.522. The zero-order valence-corrected chi connectivity index (χ0v) is 21.0. The number of esters is 2. The number of hydrogen-bond acceptors (Lipinski definition) is 8. The quantitative estimate of drug-likeness (QED) is 0.519. The molecular formula is C23H29N3O6S2. The molecule has 1 N–H and O–H groups in total. The molecule has 1 heterocycles. The number of nitrogens with zero attached hydrogens (tertiary/aromatic N) is 2. The van der Waals surface area contributed by atoms with Gasteiger partial charge in [0.05, 0.1) is 41.0 Å². The number of amides is 2. The Labute approximate surface area is 205 Å². The molecule has 9 nitrogen and oxygen atoms in total. The smallest absolute Gasteiger partial charge is 0.337 e. The van der Waals surface area contributed by atoms with E-state index in [0.29, 0.717) is 20.6 Å². The van der Waals surface area contributed by atoms with Gasteiger partial charge in [0.2, 0.25) is 5.91 Å². The van der Waals surface area contributed by atoms with Gasteiger partial charge in [-0.3, -0.25) is 14.4 Å². The molecular weight excluding hydrogens is 478 g/mol. The molecule has 0 radical (unpaired) electrons. The van der Waals surface area contributed by atoms with Gasteiger partial charge in [0, 0.05) is 6.04 Å². The van der Waals surface area contributed by atoms with Crippen LogP contribution >= 0.6 is 23.1 Å². The van der Waals surface area contributed by atoms with Crippen LogP contribution in [-0.4, -0.2) is 59.6 Å². The second-order valence-corrected chi connectivity index (χ2v) is 9.85. The topological polar surface area (TPSA) is 116 Å². The van der Waals surface area contributed by atoms with Crippen molar-refractivity contribution in [1.82, 2.24) is 9.88 Å². The van der Waals surface area contributed by atoms with Crippen LogP contribution in [0.3, 0.4) is 0 Å². The molecule has 1 fully saturated rings. The lowest BCUT2D eigenvalue weighted by molar-refractivity contribution is -0.143. The number of nitrogens with one attached hydrogen (secondary N) is 1. The standard InChI is InChI=1S/C23H29N3O6S2/c1-3-32-21(29)12-26-17-10-9-15(22(30)31-2)11-18(17)34-23(26)25-20(28)14-33-13-19(27)24-16-7-5-4-6-8-16/h9-11,16H,3-8,12-14H2,1-2H3,(H,24,27). The van der Waals surface area contributed by atoms with E-state index in [2.05, 4.69) is 10.3 Å². The highest BCUT2D eigenvalue weighted by molar-refractivity contribution is 8.00. The number of fused-ring (bicyclic) bond motifs is 1. The molecule has 0 atom stereocenters. The number of carbonyl (C=O) groups is 4. The molecule has 184 valence electrons. The van der Waals surface area contributed by atoms with Crippen LogP contribution in [-0.2, 0) is 30.4 Å². The summed E-state index contributed by atoms with van der Waals surface area (Å²) in [6.07, 6.45) is 5.51. The van der Waals surface area contributed by atoms with Crippen molar-refractivity contribution in [3.8, 4) is 0 Å². The molecule has 0 saturated heterocycles. The first kappa shape index (κ1) is 26.0. The van der Waals surface area contributed by atoms with E-state index < -0.39 is 17.8 Å². The number of hydrogen-bond donors (Lipinski definition) is 1. The van der Waals surface area contributed by atoms with Gasteiger partial charge in [-0.2, -0.15) is 4.99 Å². The van der Waals surface area contributed by atoms with Crippen LogP contribution in [0.2, 0.25) is 0 Å². The average molecular weight is 508 g/mol. The van der Waals surface area contributed by atoms with Crippen molar-refractivity contribution >= 4 is 57.1 Å². The third kappa shape index (κ3) is 7.17. The van der Waals surface area contributed by atoms with Gasteiger partial charge in [-0.25, -0.2) is 4.79 Å². The van der Waals surface area contributed by atoms with Gasteiger partial charge >= 0.3 is 11.9 Å². The molecule has 1 aliphatic rings. The molecule has 2 aromatic rings. The Kier molecular flexibility index (Phi) is 9.70. The molecule has 34 heavy (non-hydrogen) atoms. The number of thioether (sulfide) groups is 1. The van der Waals surface area contributed by atoms with Crippen molar-refractivity contribution < 1.29 is 28.7 Å². The van der Waals surface area contributed by atoms with Crippen LogP contribution in [0.15, 0.2) is 23.2 Å². The number of benzene rings is 1. The third-order valence-corrected chi connectivity index (χ3v) is 7.30. The van der Waals surface area contributed by atoms with Gasteiger partial charge in [-0.05, 0) is 38.0 Å². The van der Waals surface area contributed by atoms with E-state index >= 15 is 0 Å². The molecule has 0 aliphatic heterocycles. The monoisotopic (exact) mass is 507 g/mol. The van der Waals surface area contributed by atoms with E-state index in [1.54, 1.807) is 29.7 Å². The van der Waals surface area contributed by atoms with Crippen molar-refractivity contribution in [2.45, 2.75) is 51.6 Å². The van der Waals surface area contributed by atoms with E-state index in [4.69, 9.17) is 9.47 Å². The van der Waals surface area contributed by atoms with Crippen LogP contribution in [0.4, 0.5) is 0 Å². The first-order chi connectivity index (χ1) is 16.4. The Morgan fingerprint density at radius 1 is 1.18 bits per heavy atom. The maximum Gasteiger partial charge on any atom is 0.337 e. The summed E-state index contributed by atoms with van der Waals surface area (Å²) in [6, 6.07) is 5.15. The summed E-state index contributed by atoms with van der Waals surface area (Å²) in [4.78, 5) is 53.2. The zero-order chi connectivity index (χ0) is 24.5. The highest BCUT2D eigenvalue weighted by atomic mass is 32.2. The maximum atomic E-state index is 12.5. The highest BCUT2D eigenvalue weighted by Crippen LogP contribution is 2.20. The predicted octanol–water partition coefficient (Wildman–Crippen LogP) is 2.66. The fourth-order valence-electron chi connectivity index (χ4n) is 3.78. The van der Waals surface area contributed by atoms with Crippen LogP contribution in [0.1, 0.15) is 49.4 Å². The van der Waals surface area contributed by atoms with Crippen LogP contribution in [0.25, 0.3) is 10.2 Å². The minimum atomic E-state index is -0.482. The molecule has 2 amide bonds. The minimum absolute atomic E-state index is 0.0408. The van der Waals surface area contributed by atoms with E-state index in [0.717, 1.165) is 25.7 Å². The van der Waals surface area contributed by atoms with Crippen LogP contribution < -0.4 is 10.1 Å². The third-order valence-electron chi connectivity index (χ3n) is 5.35. The molecule has 0 unspecified atom stereocenters. The molecule has 1 aliphatic carbocycles. The lowest BCUT2D eigenvalue weighted by atomic mass is 9.95.